The van der Waals surface area contributed by atoms with E-state index < -0.39 is 0 Å². The summed E-state index contributed by atoms with van der Waals surface area (Å²) in [5, 5.41) is 13.4. The summed E-state index contributed by atoms with van der Waals surface area (Å²) in [5.41, 5.74) is 5.14. The lowest BCUT2D eigenvalue weighted by atomic mass is 10.3. The summed E-state index contributed by atoms with van der Waals surface area (Å²) in [7, 11) is 0. The van der Waals surface area contributed by atoms with Gasteiger partial charge >= 0.3 is 0 Å². The average Bonchev–Trinajstić information content (AvgIpc) is 2.32. The SMILES string of the molecule is CC(C)N1CCNCC1.Nc1ccnnn1. The number of rotatable bonds is 1. The van der Waals surface area contributed by atoms with Gasteiger partial charge in [-0.25, -0.2) is 0 Å². The number of anilines is 1. The highest BCUT2D eigenvalue weighted by molar-refractivity contribution is 5.21. The van der Waals surface area contributed by atoms with Gasteiger partial charge in [0.25, 0.3) is 0 Å². The molecule has 1 aromatic rings. The Bertz CT molecular complexity index is 270. The van der Waals surface area contributed by atoms with E-state index in [-0.39, 0.29) is 0 Å². The van der Waals surface area contributed by atoms with Crippen LogP contribution < -0.4 is 11.1 Å². The Morgan fingerprint density at radius 2 is 2.06 bits per heavy atom. The molecule has 2 rings (SSSR count). The van der Waals surface area contributed by atoms with Crippen LogP contribution in [0.1, 0.15) is 13.8 Å². The molecule has 0 atom stereocenters. The van der Waals surface area contributed by atoms with Crippen LogP contribution >= 0.6 is 0 Å². The van der Waals surface area contributed by atoms with E-state index in [9.17, 15) is 0 Å². The lowest BCUT2D eigenvalue weighted by Gasteiger charge is -2.30. The molecule has 16 heavy (non-hydrogen) atoms. The van der Waals surface area contributed by atoms with Crippen LogP contribution in [0.25, 0.3) is 0 Å². The molecule has 3 N–H and O–H groups in total. The Morgan fingerprint density at radius 3 is 2.38 bits per heavy atom. The molecular formula is C10H20N6. The molecule has 1 aliphatic heterocycles. The molecule has 0 unspecified atom stereocenters. The van der Waals surface area contributed by atoms with E-state index in [4.69, 9.17) is 5.73 Å². The number of piperazine rings is 1. The molecule has 6 heteroatoms. The molecule has 0 bridgehead atoms. The first kappa shape index (κ1) is 12.8. The molecule has 0 aromatic carbocycles. The van der Waals surface area contributed by atoms with E-state index in [1.54, 1.807) is 6.07 Å². The second-order valence-electron chi connectivity index (χ2n) is 3.93. The Balaban J connectivity index is 0.000000165. The van der Waals surface area contributed by atoms with Gasteiger partial charge in [0.15, 0.2) is 0 Å². The predicted molar refractivity (Wildman–Crippen MR) is 63.8 cm³/mol. The number of nitrogens with zero attached hydrogens (tertiary/aromatic N) is 4. The van der Waals surface area contributed by atoms with Gasteiger partial charge in [-0.1, -0.05) is 0 Å². The minimum absolute atomic E-state index is 0.398. The fourth-order valence-electron chi connectivity index (χ4n) is 1.45. The largest absolute Gasteiger partial charge is 0.382 e. The summed E-state index contributed by atoms with van der Waals surface area (Å²) in [6, 6.07) is 2.31. The van der Waals surface area contributed by atoms with Crippen molar-refractivity contribution >= 4 is 5.82 Å². The Hall–Kier alpha value is -1.27. The van der Waals surface area contributed by atoms with Crippen molar-refractivity contribution in [3.8, 4) is 0 Å². The topological polar surface area (TPSA) is 80.0 Å². The molecular weight excluding hydrogens is 204 g/mol. The molecule has 0 spiro atoms. The third kappa shape index (κ3) is 4.99. The van der Waals surface area contributed by atoms with Gasteiger partial charge < -0.3 is 11.1 Å². The van der Waals surface area contributed by atoms with Crippen LogP contribution in [0, 0.1) is 0 Å². The minimum atomic E-state index is 0.398. The fraction of sp³-hybridized carbons (Fsp3) is 0.700. The molecule has 0 aliphatic carbocycles. The van der Waals surface area contributed by atoms with Gasteiger partial charge in [0.05, 0.1) is 6.20 Å². The van der Waals surface area contributed by atoms with Gasteiger partial charge in [-0.05, 0) is 19.1 Å². The first-order valence-corrected chi connectivity index (χ1v) is 5.54. The van der Waals surface area contributed by atoms with Crippen LogP contribution in [0.5, 0.6) is 0 Å². The van der Waals surface area contributed by atoms with Crippen molar-refractivity contribution in [1.82, 2.24) is 25.6 Å². The molecule has 6 nitrogen and oxygen atoms in total. The Kier molecular flexibility index (Phi) is 5.66. The minimum Gasteiger partial charge on any atom is -0.382 e. The van der Waals surface area contributed by atoms with Crippen LogP contribution in [0.4, 0.5) is 5.82 Å². The van der Waals surface area contributed by atoms with E-state index in [0.29, 0.717) is 5.82 Å². The highest BCUT2D eigenvalue weighted by Crippen LogP contribution is 1.97. The number of hydrogen-bond acceptors (Lipinski definition) is 6. The molecule has 0 radical (unpaired) electrons. The van der Waals surface area contributed by atoms with Gasteiger partial charge in [-0.15, -0.1) is 10.2 Å². The smallest absolute Gasteiger partial charge is 0.149 e. The normalized spacial score (nSPS) is 16.7. The molecule has 0 saturated carbocycles. The Labute approximate surface area is 96.2 Å². The number of nitrogen functional groups attached to an aromatic ring is 1. The van der Waals surface area contributed by atoms with Crippen LogP contribution in [0.15, 0.2) is 12.3 Å². The van der Waals surface area contributed by atoms with Crippen molar-refractivity contribution in [2.24, 2.45) is 0 Å². The molecule has 0 amide bonds. The summed E-state index contributed by atoms with van der Waals surface area (Å²) < 4.78 is 0. The summed E-state index contributed by atoms with van der Waals surface area (Å²) in [4.78, 5) is 2.50. The zero-order valence-electron chi connectivity index (χ0n) is 9.93. The molecule has 90 valence electrons. The van der Waals surface area contributed by atoms with Crippen molar-refractivity contribution in [1.29, 1.82) is 0 Å². The summed E-state index contributed by atoms with van der Waals surface area (Å²) in [6.45, 7) is 9.28. The zero-order valence-corrected chi connectivity index (χ0v) is 9.93. The molecule has 1 aromatic heterocycles. The van der Waals surface area contributed by atoms with Gasteiger partial charge in [0.1, 0.15) is 5.82 Å². The highest BCUT2D eigenvalue weighted by Gasteiger charge is 2.11. The molecule has 2 heterocycles. The summed E-state index contributed by atoms with van der Waals surface area (Å²) in [5.74, 6) is 0.398. The van der Waals surface area contributed by atoms with Crippen LogP contribution in [0.3, 0.4) is 0 Å². The average molecular weight is 224 g/mol. The maximum absolute atomic E-state index is 5.14. The highest BCUT2D eigenvalue weighted by atomic mass is 15.3. The first-order valence-electron chi connectivity index (χ1n) is 5.54. The summed E-state index contributed by atoms with van der Waals surface area (Å²) in [6.07, 6.45) is 1.49. The zero-order chi connectivity index (χ0) is 11.8. The predicted octanol–water partition coefficient (Wildman–Crippen LogP) is -0.246. The second-order valence-corrected chi connectivity index (χ2v) is 3.93. The van der Waals surface area contributed by atoms with Crippen LogP contribution in [0.2, 0.25) is 0 Å². The third-order valence-corrected chi connectivity index (χ3v) is 2.41. The standard InChI is InChI=1S/C7H16N2.C3H4N4/c1-7(2)9-5-3-8-4-6-9;4-3-1-2-5-7-6-3/h7-8H,3-6H2,1-2H3;1-2H,(H2,4,5,6). The monoisotopic (exact) mass is 224 g/mol. The lowest BCUT2D eigenvalue weighted by Crippen LogP contribution is -2.46. The van der Waals surface area contributed by atoms with E-state index in [0.717, 1.165) is 19.1 Å². The van der Waals surface area contributed by atoms with Crippen molar-refractivity contribution in [3.05, 3.63) is 12.3 Å². The maximum Gasteiger partial charge on any atom is 0.149 e. The first-order chi connectivity index (χ1) is 7.70. The van der Waals surface area contributed by atoms with Gasteiger partial charge in [-0.2, -0.15) is 0 Å². The third-order valence-electron chi connectivity index (χ3n) is 2.41. The van der Waals surface area contributed by atoms with Crippen molar-refractivity contribution in [2.45, 2.75) is 19.9 Å². The van der Waals surface area contributed by atoms with Crippen LogP contribution in [-0.4, -0.2) is 52.5 Å². The molecule has 1 fully saturated rings. The van der Waals surface area contributed by atoms with E-state index in [1.807, 2.05) is 0 Å². The maximum atomic E-state index is 5.14. The number of aromatic nitrogens is 3. The van der Waals surface area contributed by atoms with Crippen molar-refractivity contribution < 1.29 is 0 Å². The lowest BCUT2D eigenvalue weighted by molar-refractivity contribution is 0.196. The van der Waals surface area contributed by atoms with Gasteiger partial charge in [-0.3, -0.25) is 4.90 Å². The second kappa shape index (κ2) is 7.08. The molecule has 1 aliphatic rings. The summed E-state index contributed by atoms with van der Waals surface area (Å²) >= 11 is 0. The van der Waals surface area contributed by atoms with Crippen molar-refractivity contribution in [3.63, 3.8) is 0 Å². The fourth-order valence-corrected chi connectivity index (χ4v) is 1.45. The number of nitrogens with one attached hydrogen (secondary N) is 1. The van der Waals surface area contributed by atoms with Crippen molar-refractivity contribution in [2.75, 3.05) is 31.9 Å². The quantitative estimate of drug-likeness (QED) is 0.685. The van der Waals surface area contributed by atoms with E-state index >= 15 is 0 Å². The number of hydrogen-bond donors (Lipinski definition) is 2. The molecule has 1 saturated heterocycles. The van der Waals surface area contributed by atoms with Gasteiger partial charge in [0, 0.05) is 38.3 Å². The van der Waals surface area contributed by atoms with E-state index in [1.165, 1.54) is 19.3 Å². The number of nitrogens with two attached hydrogens (primary N) is 1. The van der Waals surface area contributed by atoms with E-state index in [2.05, 4.69) is 39.5 Å². The van der Waals surface area contributed by atoms with Crippen LogP contribution in [-0.2, 0) is 0 Å². The Morgan fingerprint density at radius 1 is 1.38 bits per heavy atom. The van der Waals surface area contributed by atoms with Gasteiger partial charge in [0.2, 0.25) is 0 Å².